The molecule has 2 rings (SSSR count). The predicted molar refractivity (Wildman–Crippen MR) is 91.5 cm³/mol. The summed E-state index contributed by atoms with van der Waals surface area (Å²) in [5, 5.41) is 24.0. The van der Waals surface area contributed by atoms with Crippen molar-refractivity contribution in [2.75, 3.05) is 26.7 Å². The van der Waals surface area contributed by atoms with Crippen molar-refractivity contribution < 1.29 is 4.42 Å². The van der Waals surface area contributed by atoms with E-state index in [-0.39, 0.29) is 5.57 Å². The number of nitrogens with one attached hydrogen (secondary N) is 2. The van der Waals surface area contributed by atoms with Crippen molar-refractivity contribution in [1.29, 1.82) is 10.5 Å². The Bertz CT molecular complexity index is 613. The van der Waals surface area contributed by atoms with Gasteiger partial charge in [0, 0.05) is 25.7 Å². The van der Waals surface area contributed by atoms with Crippen LogP contribution in [-0.4, -0.2) is 31.6 Å². The molecule has 6 nitrogen and oxygen atoms in total. The first-order valence-electron chi connectivity index (χ1n) is 8.48. The first-order chi connectivity index (χ1) is 11.8. The van der Waals surface area contributed by atoms with E-state index in [4.69, 9.17) is 14.9 Å². The lowest BCUT2D eigenvalue weighted by molar-refractivity contribution is 0.203. The minimum atomic E-state index is 0.140. The third-order valence-electron chi connectivity index (χ3n) is 4.22. The average Bonchev–Trinajstić information content (AvgIpc) is 3.06. The highest BCUT2D eigenvalue weighted by atomic mass is 16.3. The summed E-state index contributed by atoms with van der Waals surface area (Å²) in [7, 11) is 1.73. The lowest BCUT2D eigenvalue weighted by Crippen LogP contribution is -2.28. The number of furan rings is 1. The molecule has 0 saturated carbocycles. The SMILES string of the molecule is CNC(CCNCc1ccc(CN2CCCCC2)o1)=C(C#N)C#N. The molecule has 1 aliphatic heterocycles. The number of hydrogen-bond acceptors (Lipinski definition) is 6. The number of allylic oxidation sites excluding steroid dienone is 1. The third-order valence-corrected chi connectivity index (χ3v) is 4.22. The van der Waals surface area contributed by atoms with Gasteiger partial charge >= 0.3 is 0 Å². The molecule has 0 bridgehead atoms. The van der Waals surface area contributed by atoms with Gasteiger partial charge in [0.25, 0.3) is 0 Å². The Kier molecular flexibility index (Phi) is 7.35. The molecule has 0 radical (unpaired) electrons. The number of hydrogen-bond donors (Lipinski definition) is 2. The van der Waals surface area contributed by atoms with Crippen LogP contribution >= 0.6 is 0 Å². The van der Waals surface area contributed by atoms with Crippen LogP contribution in [0.15, 0.2) is 27.8 Å². The molecule has 24 heavy (non-hydrogen) atoms. The molecule has 0 atom stereocenters. The molecular formula is C18H25N5O. The zero-order chi connectivity index (χ0) is 17.2. The average molecular weight is 327 g/mol. The number of nitrogens with zero attached hydrogens (tertiary/aromatic N) is 3. The smallest absolute Gasteiger partial charge is 0.148 e. The highest BCUT2D eigenvalue weighted by Crippen LogP contribution is 2.15. The van der Waals surface area contributed by atoms with E-state index in [0.29, 0.717) is 25.2 Å². The highest BCUT2D eigenvalue weighted by Gasteiger charge is 2.12. The standard InChI is InChI=1S/C18H25N5O/c1-21-18(15(11-19)12-20)7-8-22-13-16-5-6-17(24-16)14-23-9-3-2-4-10-23/h5-6,21-22H,2-4,7-10,13-14H2,1H3. The van der Waals surface area contributed by atoms with Crippen molar-refractivity contribution >= 4 is 0 Å². The molecule has 128 valence electrons. The Morgan fingerprint density at radius 3 is 2.54 bits per heavy atom. The number of piperidine rings is 1. The minimum Gasteiger partial charge on any atom is -0.463 e. The summed E-state index contributed by atoms with van der Waals surface area (Å²) < 4.78 is 5.87. The maximum atomic E-state index is 8.89. The summed E-state index contributed by atoms with van der Waals surface area (Å²) >= 11 is 0. The van der Waals surface area contributed by atoms with Gasteiger partial charge in [-0.2, -0.15) is 10.5 Å². The Labute approximate surface area is 143 Å². The van der Waals surface area contributed by atoms with Gasteiger partial charge in [0.15, 0.2) is 0 Å². The number of rotatable bonds is 8. The topological polar surface area (TPSA) is 88.0 Å². The fourth-order valence-electron chi connectivity index (χ4n) is 2.90. The molecule has 2 heterocycles. The molecule has 6 heteroatoms. The van der Waals surface area contributed by atoms with Crippen molar-refractivity contribution in [3.63, 3.8) is 0 Å². The summed E-state index contributed by atoms with van der Waals surface area (Å²) in [4.78, 5) is 2.44. The molecule has 1 saturated heterocycles. The van der Waals surface area contributed by atoms with Gasteiger partial charge in [0.05, 0.1) is 13.1 Å². The van der Waals surface area contributed by atoms with Crippen LogP contribution in [0.25, 0.3) is 0 Å². The summed E-state index contributed by atoms with van der Waals surface area (Å²) in [6, 6.07) is 7.88. The molecule has 1 aliphatic rings. The van der Waals surface area contributed by atoms with Crippen molar-refractivity contribution in [3.05, 3.63) is 34.9 Å². The normalized spacial score (nSPS) is 14.6. The highest BCUT2D eigenvalue weighted by molar-refractivity contribution is 5.39. The second-order valence-electron chi connectivity index (χ2n) is 5.96. The molecule has 1 fully saturated rings. The molecule has 1 aromatic heterocycles. The summed E-state index contributed by atoms with van der Waals surface area (Å²) in [6.45, 7) is 4.53. The van der Waals surface area contributed by atoms with Gasteiger partial charge in [0.2, 0.25) is 0 Å². The van der Waals surface area contributed by atoms with Crippen LogP contribution < -0.4 is 10.6 Å². The fourth-order valence-corrected chi connectivity index (χ4v) is 2.90. The van der Waals surface area contributed by atoms with Crippen LogP contribution in [0.1, 0.15) is 37.2 Å². The second-order valence-corrected chi connectivity index (χ2v) is 5.96. The molecule has 0 amide bonds. The summed E-state index contributed by atoms with van der Waals surface area (Å²) in [5.41, 5.74) is 0.804. The third kappa shape index (κ3) is 5.42. The van der Waals surface area contributed by atoms with Crippen LogP contribution in [0.4, 0.5) is 0 Å². The van der Waals surface area contributed by atoms with Crippen LogP contribution in [0.5, 0.6) is 0 Å². The molecule has 0 aromatic carbocycles. The van der Waals surface area contributed by atoms with Crippen LogP contribution in [0, 0.1) is 22.7 Å². The lowest BCUT2D eigenvalue weighted by Gasteiger charge is -2.25. The van der Waals surface area contributed by atoms with Gasteiger partial charge in [0.1, 0.15) is 29.2 Å². The van der Waals surface area contributed by atoms with E-state index < -0.39 is 0 Å². The van der Waals surface area contributed by atoms with E-state index in [0.717, 1.165) is 31.2 Å². The number of nitriles is 2. The van der Waals surface area contributed by atoms with E-state index in [9.17, 15) is 0 Å². The van der Waals surface area contributed by atoms with Gasteiger partial charge in [-0.15, -0.1) is 0 Å². The van der Waals surface area contributed by atoms with Crippen molar-refractivity contribution in [3.8, 4) is 12.1 Å². The van der Waals surface area contributed by atoms with E-state index in [1.807, 2.05) is 24.3 Å². The molecular weight excluding hydrogens is 302 g/mol. The number of likely N-dealkylation sites (tertiary alicyclic amines) is 1. The quantitative estimate of drug-likeness (QED) is 0.562. The summed E-state index contributed by atoms with van der Waals surface area (Å²) in [5.74, 6) is 1.93. The van der Waals surface area contributed by atoms with E-state index >= 15 is 0 Å². The van der Waals surface area contributed by atoms with Crippen LogP contribution in [0.2, 0.25) is 0 Å². The van der Waals surface area contributed by atoms with Crippen LogP contribution in [0.3, 0.4) is 0 Å². The molecule has 2 N–H and O–H groups in total. The maximum absolute atomic E-state index is 8.89. The van der Waals surface area contributed by atoms with Gasteiger partial charge in [-0.05, 0) is 38.1 Å². The Morgan fingerprint density at radius 1 is 1.17 bits per heavy atom. The van der Waals surface area contributed by atoms with Crippen LogP contribution in [-0.2, 0) is 13.1 Å². The van der Waals surface area contributed by atoms with E-state index in [1.54, 1.807) is 7.05 Å². The monoisotopic (exact) mass is 327 g/mol. The van der Waals surface area contributed by atoms with E-state index in [1.165, 1.54) is 19.3 Å². The molecule has 0 spiro atoms. The van der Waals surface area contributed by atoms with Gasteiger partial charge in [-0.1, -0.05) is 6.42 Å². The maximum Gasteiger partial charge on any atom is 0.148 e. The minimum absolute atomic E-state index is 0.140. The lowest BCUT2D eigenvalue weighted by atomic mass is 10.1. The first-order valence-corrected chi connectivity index (χ1v) is 8.48. The van der Waals surface area contributed by atoms with Gasteiger partial charge in [-0.25, -0.2) is 0 Å². The Morgan fingerprint density at radius 2 is 1.88 bits per heavy atom. The van der Waals surface area contributed by atoms with E-state index in [2.05, 4.69) is 15.5 Å². The summed E-state index contributed by atoms with van der Waals surface area (Å²) in [6.07, 6.45) is 4.51. The largest absolute Gasteiger partial charge is 0.463 e. The molecule has 0 unspecified atom stereocenters. The van der Waals surface area contributed by atoms with Crippen molar-refractivity contribution in [2.45, 2.75) is 38.8 Å². The first kappa shape index (κ1) is 18.1. The van der Waals surface area contributed by atoms with Crippen molar-refractivity contribution in [1.82, 2.24) is 15.5 Å². The Hall–Kier alpha value is -2.28. The Balaban J connectivity index is 1.74. The molecule has 0 aliphatic carbocycles. The van der Waals surface area contributed by atoms with Gasteiger partial charge < -0.3 is 15.1 Å². The fraction of sp³-hybridized carbons (Fsp3) is 0.556. The predicted octanol–water partition coefficient (Wildman–Crippen LogP) is 2.27. The zero-order valence-electron chi connectivity index (χ0n) is 14.3. The van der Waals surface area contributed by atoms with Gasteiger partial charge in [-0.3, -0.25) is 4.90 Å². The zero-order valence-corrected chi connectivity index (χ0v) is 14.3. The second kappa shape index (κ2) is 9.77. The van der Waals surface area contributed by atoms with Crippen molar-refractivity contribution in [2.24, 2.45) is 0 Å². The molecule has 1 aromatic rings.